The number of carbonyl (C=O) groups excluding carboxylic acids is 2. The predicted octanol–water partition coefficient (Wildman–Crippen LogP) is 3.70. The number of alkyl halides is 3. The fourth-order valence-electron chi connectivity index (χ4n) is 3.31. The Labute approximate surface area is 168 Å². The molecule has 2 aliphatic rings. The second-order valence-corrected chi connectivity index (χ2v) is 6.72. The van der Waals surface area contributed by atoms with E-state index >= 15 is 0 Å². The standard InChI is InChI=1S/C20H16F3N3O4/c1-10-16(18(27)25-13-4-2-3-12(8-13)20(21,22)23)17(26-19(28)24-10)11-5-6-14-15(7-11)30-9-29-14/h2-8,17H,9H2,1H3,(H,25,27)(H2,24,26,28)/t17-/m0/s1. The van der Waals surface area contributed by atoms with Gasteiger partial charge in [-0.05, 0) is 42.8 Å². The van der Waals surface area contributed by atoms with Crippen molar-refractivity contribution in [2.24, 2.45) is 0 Å². The molecule has 156 valence electrons. The molecule has 0 bridgehead atoms. The lowest BCUT2D eigenvalue weighted by Gasteiger charge is -2.28. The van der Waals surface area contributed by atoms with Gasteiger partial charge in [0, 0.05) is 11.4 Å². The van der Waals surface area contributed by atoms with E-state index in [1.54, 1.807) is 25.1 Å². The van der Waals surface area contributed by atoms with Crippen LogP contribution in [0.15, 0.2) is 53.7 Å². The number of amides is 3. The first-order valence-electron chi connectivity index (χ1n) is 8.89. The number of anilines is 1. The summed E-state index contributed by atoms with van der Waals surface area (Å²) < 4.78 is 49.5. The zero-order valence-corrected chi connectivity index (χ0v) is 15.6. The van der Waals surface area contributed by atoms with E-state index in [-0.39, 0.29) is 23.8 Å². The molecule has 2 aromatic carbocycles. The van der Waals surface area contributed by atoms with Crippen LogP contribution in [0.5, 0.6) is 11.5 Å². The Morgan fingerprint density at radius 1 is 1.13 bits per heavy atom. The van der Waals surface area contributed by atoms with Crippen molar-refractivity contribution < 1.29 is 32.2 Å². The van der Waals surface area contributed by atoms with E-state index in [0.29, 0.717) is 17.1 Å². The van der Waals surface area contributed by atoms with Gasteiger partial charge in [0.15, 0.2) is 11.5 Å². The molecule has 0 radical (unpaired) electrons. The molecule has 2 aromatic rings. The molecule has 30 heavy (non-hydrogen) atoms. The average molecular weight is 419 g/mol. The van der Waals surface area contributed by atoms with Crippen LogP contribution in [0.3, 0.4) is 0 Å². The number of hydrogen-bond donors (Lipinski definition) is 3. The summed E-state index contributed by atoms with van der Waals surface area (Å²) in [4.78, 5) is 25.0. The maximum atomic E-state index is 13.0. The highest BCUT2D eigenvalue weighted by Gasteiger charge is 2.33. The van der Waals surface area contributed by atoms with Gasteiger partial charge in [-0.1, -0.05) is 12.1 Å². The van der Waals surface area contributed by atoms with E-state index in [1.807, 2.05) is 0 Å². The van der Waals surface area contributed by atoms with Crippen LogP contribution in [0.1, 0.15) is 24.1 Å². The van der Waals surface area contributed by atoms with Gasteiger partial charge in [0.25, 0.3) is 5.91 Å². The lowest BCUT2D eigenvalue weighted by Crippen LogP contribution is -2.45. The Hall–Kier alpha value is -3.69. The largest absolute Gasteiger partial charge is 0.454 e. The number of benzene rings is 2. The number of fused-ring (bicyclic) bond motifs is 1. The van der Waals surface area contributed by atoms with Gasteiger partial charge in [0.2, 0.25) is 6.79 Å². The van der Waals surface area contributed by atoms with E-state index in [2.05, 4.69) is 16.0 Å². The summed E-state index contributed by atoms with van der Waals surface area (Å²) in [7, 11) is 0. The van der Waals surface area contributed by atoms with Crippen molar-refractivity contribution in [1.29, 1.82) is 0 Å². The molecule has 3 amide bonds. The summed E-state index contributed by atoms with van der Waals surface area (Å²) in [6.45, 7) is 1.61. The molecule has 7 nitrogen and oxygen atoms in total. The van der Waals surface area contributed by atoms with Crippen molar-refractivity contribution in [3.63, 3.8) is 0 Å². The van der Waals surface area contributed by atoms with Crippen LogP contribution < -0.4 is 25.4 Å². The van der Waals surface area contributed by atoms with E-state index in [9.17, 15) is 22.8 Å². The summed E-state index contributed by atoms with van der Waals surface area (Å²) in [5.41, 5.74) is 0.101. The first-order valence-corrected chi connectivity index (χ1v) is 8.89. The third kappa shape index (κ3) is 3.76. The minimum atomic E-state index is -4.54. The highest BCUT2D eigenvalue weighted by molar-refractivity contribution is 6.06. The number of halogens is 3. The van der Waals surface area contributed by atoms with E-state index in [4.69, 9.17) is 9.47 Å². The first kappa shape index (κ1) is 19.6. The Morgan fingerprint density at radius 3 is 2.67 bits per heavy atom. The first-order chi connectivity index (χ1) is 14.2. The molecular formula is C20H16F3N3O4. The Bertz CT molecular complexity index is 1070. The number of rotatable bonds is 3. The van der Waals surface area contributed by atoms with E-state index in [1.165, 1.54) is 12.1 Å². The minimum absolute atomic E-state index is 0.0172. The molecule has 2 aliphatic heterocycles. The molecule has 0 fully saturated rings. The lowest BCUT2D eigenvalue weighted by molar-refractivity contribution is -0.137. The number of nitrogens with one attached hydrogen (secondary N) is 3. The Morgan fingerprint density at radius 2 is 1.90 bits per heavy atom. The second-order valence-electron chi connectivity index (χ2n) is 6.72. The maximum absolute atomic E-state index is 13.0. The van der Waals surface area contributed by atoms with Crippen LogP contribution in [-0.2, 0) is 11.0 Å². The number of urea groups is 1. The van der Waals surface area contributed by atoms with Crippen LogP contribution in [0.2, 0.25) is 0 Å². The zero-order chi connectivity index (χ0) is 21.5. The van der Waals surface area contributed by atoms with Gasteiger partial charge < -0.3 is 25.4 Å². The van der Waals surface area contributed by atoms with Crippen molar-refractivity contribution in [1.82, 2.24) is 10.6 Å². The van der Waals surface area contributed by atoms with Gasteiger partial charge in [-0.15, -0.1) is 0 Å². The maximum Gasteiger partial charge on any atom is 0.416 e. The fourth-order valence-corrected chi connectivity index (χ4v) is 3.31. The van der Waals surface area contributed by atoms with Crippen LogP contribution in [-0.4, -0.2) is 18.7 Å². The van der Waals surface area contributed by atoms with Crippen LogP contribution in [0.4, 0.5) is 23.7 Å². The topological polar surface area (TPSA) is 88.7 Å². The van der Waals surface area contributed by atoms with Gasteiger partial charge in [0.05, 0.1) is 17.2 Å². The van der Waals surface area contributed by atoms with Gasteiger partial charge in [0.1, 0.15) is 0 Å². The molecule has 0 aromatic heterocycles. The second kappa shape index (κ2) is 7.29. The molecule has 10 heteroatoms. The van der Waals surface area contributed by atoms with Gasteiger partial charge in [-0.25, -0.2) is 4.79 Å². The van der Waals surface area contributed by atoms with Crippen molar-refractivity contribution in [3.05, 3.63) is 64.9 Å². The summed E-state index contributed by atoms with van der Waals surface area (Å²) in [5, 5.41) is 7.66. The van der Waals surface area contributed by atoms with Crippen molar-refractivity contribution in [3.8, 4) is 11.5 Å². The van der Waals surface area contributed by atoms with E-state index < -0.39 is 29.7 Å². The zero-order valence-electron chi connectivity index (χ0n) is 15.6. The number of carbonyl (C=O) groups is 2. The molecular weight excluding hydrogens is 403 g/mol. The number of allylic oxidation sites excluding steroid dienone is 1. The molecule has 0 spiro atoms. The quantitative estimate of drug-likeness (QED) is 0.708. The third-order valence-corrected chi connectivity index (χ3v) is 4.69. The smallest absolute Gasteiger partial charge is 0.416 e. The van der Waals surface area contributed by atoms with Crippen LogP contribution in [0.25, 0.3) is 0 Å². The van der Waals surface area contributed by atoms with Gasteiger partial charge in [-0.3, -0.25) is 4.79 Å². The molecule has 4 rings (SSSR count). The number of hydrogen-bond acceptors (Lipinski definition) is 4. The monoisotopic (exact) mass is 419 g/mol. The van der Waals surface area contributed by atoms with Crippen LogP contribution in [0, 0.1) is 0 Å². The van der Waals surface area contributed by atoms with Crippen molar-refractivity contribution in [2.75, 3.05) is 12.1 Å². The van der Waals surface area contributed by atoms with Crippen molar-refractivity contribution >= 4 is 17.6 Å². The molecule has 2 heterocycles. The highest BCUT2D eigenvalue weighted by Crippen LogP contribution is 2.37. The van der Waals surface area contributed by atoms with Gasteiger partial charge >= 0.3 is 12.2 Å². The summed E-state index contributed by atoms with van der Waals surface area (Å²) in [6.07, 6.45) is -4.54. The summed E-state index contributed by atoms with van der Waals surface area (Å²) in [5.74, 6) is 0.354. The SMILES string of the molecule is CC1=C(C(=O)Nc2cccc(C(F)(F)F)c2)[C@H](c2ccc3c(c2)OCO3)NC(=O)N1. The molecule has 1 atom stereocenters. The lowest BCUT2D eigenvalue weighted by atomic mass is 9.94. The summed E-state index contributed by atoms with van der Waals surface area (Å²) >= 11 is 0. The Kier molecular flexibility index (Phi) is 4.76. The molecule has 0 aliphatic carbocycles. The third-order valence-electron chi connectivity index (χ3n) is 4.69. The van der Waals surface area contributed by atoms with E-state index in [0.717, 1.165) is 12.1 Å². The normalized spacial score (nSPS) is 18.0. The Balaban J connectivity index is 1.65. The molecule has 0 saturated carbocycles. The predicted molar refractivity (Wildman–Crippen MR) is 99.7 cm³/mol. The highest BCUT2D eigenvalue weighted by atomic mass is 19.4. The minimum Gasteiger partial charge on any atom is -0.454 e. The molecule has 0 saturated heterocycles. The fraction of sp³-hybridized carbons (Fsp3) is 0.200. The molecule has 3 N–H and O–H groups in total. The number of ether oxygens (including phenoxy) is 2. The van der Waals surface area contributed by atoms with Crippen LogP contribution >= 0.6 is 0 Å². The van der Waals surface area contributed by atoms with Crippen molar-refractivity contribution in [2.45, 2.75) is 19.1 Å². The average Bonchev–Trinajstić information content (AvgIpc) is 3.14. The summed E-state index contributed by atoms with van der Waals surface area (Å²) in [6, 6.07) is 7.95. The molecule has 0 unspecified atom stereocenters. The van der Waals surface area contributed by atoms with Gasteiger partial charge in [-0.2, -0.15) is 13.2 Å².